The van der Waals surface area contributed by atoms with E-state index in [1.54, 1.807) is 0 Å². The van der Waals surface area contributed by atoms with Crippen LogP contribution in [0.25, 0.3) is 0 Å². The zero-order valence-electron chi connectivity index (χ0n) is 9.82. The highest BCUT2D eigenvalue weighted by atomic mass is 16.3. The van der Waals surface area contributed by atoms with Gasteiger partial charge in [0.1, 0.15) is 6.26 Å². The molecule has 0 spiro atoms. The Morgan fingerprint density at radius 1 is 1.41 bits per heavy atom. The van der Waals surface area contributed by atoms with Gasteiger partial charge in [0.2, 0.25) is 0 Å². The molecule has 1 N–H and O–H groups in total. The number of amides is 1. The van der Waals surface area contributed by atoms with E-state index in [1.165, 1.54) is 6.26 Å². The first-order valence-electron chi connectivity index (χ1n) is 6.30. The Balaban J connectivity index is 1.70. The molecule has 0 radical (unpaired) electrons. The molecular formula is C12H17N3O2. The lowest BCUT2D eigenvalue weighted by Crippen LogP contribution is -2.42. The van der Waals surface area contributed by atoms with E-state index < -0.39 is 0 Å². The summed E-state index contributed by atoms with van der Waals surface area (Å²) in [6.45, 7) is 3.72. The highest BCUT2D eigenvalue weighted by Crippen LogP contribution is 2.25. The van der Waals surface area contributed by atoms with Crippen LogP contribution < -0.4 is 5.32 Å². The van der Waals surface area contributed by atoms with Crippen LogP contribution in [0, 0.1) is 0 Å². The summed E-state index contributed by atoms with van der Waals surface area (Å²) in [5, 5.41) is 3.31. The summed E-state index contributed by atoms with van der Waals surface area (Å²) < 4.78 is 5.46. The number of nitrogens with one attached hydrogen (secondary N) is 1. The highest BCUT2D eigenvalue weighted by Gasteiger charge is 2.26. The van der Waals surface area contributed by atoms with Crippen molar-refractivity contribution >= 4 is 5.91 Å². The van der Waals surface area contributed by atoms with Gasteiger partial charge in [-0.05, 0) is 32.4 Å². The van der Waals surface area contributed by atoms with E-state index in [0.717, 1.165) is 51.3 Å². The molecule has 92 valence electrons. The Bertz CT molecular complexity index is 406. The Kier molecular flexibility index (Phi) is 2.84. The quantitative estimate of drug-likeness (QED) is 0.830. The standard InChI is InChI=1S/C12H17N3O2/c16-12(15-6-1-7-15)10-8-17-11(14-10)9-2-4-13-5-3-9/h8-9,13H,1-7H2. The van der Waals surface area contributed by atoms with Gasteiger partial charge in [-0.1, -0.05) is 0 Å². The molecule has 0 atom stereocenters. The van der Waals surface area contributed by atoms with Crippen molar-refractivity contribution in [3.8, 4) is 0 Å². The fourth-order valence-corrected chi connectivity index (χ4v) is 2.32. The Morgan fingerprint density at radius 3 is 2.82 bits per heavy atom. The van der Waals surface area contributed by atoms with Crippen LogP contribution >= 0.6 is 0 Å². The average molecular weight is 235 g/mol. The lowest BCUT2D eigenvalue weighted by molar-refractivity contribution is 0.0645. The third-order valence-electron chi connectivity index (χ3n) is 3.57. The van der Waals surface area contributed by atoms with Crippen molar-refractivity contribution in [2.24, 2.45) is 0 Å². The second-order valence-corrected chi connectivity index (χ2v) is 4.74. The molecule has 2 saturated heterocycles. The van der Waals surface area contributed by atoms with E-state index in [9.17, 15) is 4.79 Å². The van der Waals surface area contributed by atoms with Gasteiger partial charge in [-0.15, -0.1) is 0 Å². The molecule has 0 aliphatic carbocycles. The van der Waals surface area contributed by atoms with Crippen molar-refractivity contribution in [3.05, 3.63) is 17.8 Å². The molecule has 1 amide bonds. The fourth-order valence-electron chi connectivity index (χ4n) is 2.32. The van der Waals surface area contributed by atoms with E-state index >= 15 is 0 Å². The van der Waals surface area contributed by atoms with Gasteiger partial charge >= 0.3 is 0 Å². The van der Waals surface area contributed by atoms with Gasteiger partial charge in [0.15, 0.2) is 11.6 Å². The zero-order chi connectivity index (χ0) is 11.7. The maximum atomic E-state index is 11.9. The SMILES string of the molecule is O=C(c1coc(C2CCNCC2)n1)N1CCC1. The first-order chi connectivity index (χ1) is 8.34. The minimum atomic E-state index is 0.0141. The first kappa shape index (κ1) is 10.8. The van der Waals surface area contributed by atoms with Gasteiger partial charge in [-0.3, -0.25) is 4.79 Å². The van der Waals surface area contributed by atoms with Gasteiger partial charge in [0.25, 0.3) is 5.91 Å². The van der Waals surface area contributed by atoms with E-state index in [0.29, 0.717) is 11.6 Å². The number of hydrogen-bond donors (Lipinski definition) is 1. The molecule has 1 aromatic heterocycles. The molecule has 3 rings (SSSR count). The van der Waals surface area contributed by atoms with Crippen LogP contribution in [0.15, 0.2) is 10.7 Å². The molecule has 3 heterocycles. The predicted molar refractivity (Wildman–Crippen MR) is 61.9 cm³/mol. The van der Waals surface area contributed by atoms with E-state index in [2.05, 4.69) is 10.3 Å². The smallest absolute Gasteiger partial charge is 0.275 e. The van der Waals surface area contributed by atoms with Crippen LogP contribution in [-0.4, -0.2) is 42.0 Å². The van der Waals surface area contributed by atoms with Gasteiger partial charge in [0, 0.05) is 19.0 Å². The minimum Gasteiger partial charge on any atom is -0.448 e. The topological polar surface area (TPSA) is 58.4 Å². The highest BCUT2D eigenvalue weighted by molar-refractivity contribution is 5.92. The number of oxazole rings is 1. The second-order valence-electron chi connectivity index (χ2n) is 4.74. The molecule has 0 aromatic carbocycles. The molecule has 5 heteroatoms. The van der Waals surface area contributed by atoms with Crippen molar-refractivity contribution in [1.29, 1.82) is 0 Å². The summed E-state index contributed by atoms with van der Waals surface area (Å²) in [4.78, 5) is 18.1. The first-order valence-corrected chi connectivity index (χ1v) is 6.30. The molecule has 5 nitrogen and oxygen atoms in total. The van der Waals surface area contributed by atoms with Crippen molar-refractivity contribution in [2.75, 3.05) is 26.2 Å². The normalized spacial score (nSPS) is 21.3. The van der Waals surface area contributed by atoms with Crippen LogP contribution in [0.4, 0.5) is 0 Å². The van der Waals surface area contributed by atoms with Crippen LogP contribution in [-0.2, 0) is 0 Å². The van der Waals surface area contributed by atoms with Gasteiger partial charge < -0.3 is 14.6 Å². The zero-order valence-corrected chi connectivity index (χ0v) is 9.82. The Hall–Kier alpha value is -1.36. The molecule has 0 saturated carbocycles. The summed E-state index contributed by atoms with van der Waals surface area (Å²) in [6.07, 6.45) is 4.69. The van der Waals surface area contributed by atoms with Crippen molar-refractivity contribution in [2.45, 2.75) is 25.2 Å². The number of likely N-dealkylation sites (tertiary alicyclic amines) is 1. The summed E-state index contributed by atoms with van der Waals surface area (Å²) in [5.74, 6) is 1.12. The number of aromatic nitrogens is 1. The largest absolute Gasteiger partial charge is 0.448 e. The molecule has 2 aliphatic rings. The second kappa shape index (κ2) is 4.49. The summed E-state index contributed by atoms with van der Waals surface area (Å²) in [7, 11) is 0. The van der Waals surface area contributed by atoms with E-state index in [1.807, 2.05) is 4.90 Å². The summed E-state index contributed by atoms with van der Waals surface area (Å²) in [6, 6.07) is 0. The van der Waals surface area contributed by atoms with E-state index in [4.69, 9.17) is 4.42 Å². The average Bonchev–Trinajstić information content (AvgIpc) is 2.77. The lowest BCUT2D eigenvalue weighted by atomic mass is 9.98. The number of piperidine rings is 1. The van der Waals surface area contributed by atoms with Gasteiger partial charge in [-0.25, -0.2) is 4.98 Å². The van der Waals surface area contributed by atoms with Crippen LogP contribution in [0.2, 0.25) is 0 Å². The molecule has 2 aliphatic heterocycles. The van der Waals surface area contributed by atoms with Crippen LogP contribution in [0.5, 0.6) is 0 Å². The number of rotatable bonds is 2. The van der Waals surface area contributed by atoms with Gasteiger partial charge in [-0.2, -0.15) is 0 Å². The minimum absolute atomic E-state index is 0.0141. The number of nitrogens with zero attached hydrogens (tertiary/aromatic N) is 2. The summed E-state index contributed by atoms with van der Waals surface area (Å²) >= 11 is 0. The third kappa shape index (κ3) is 2.07. The monoisotopic (exact) mass is 235 g/mol. The molecular weight excluding hydrogens is 218 g/mol. The van der Waals surface area contributed by atoms with Crippen LogP contribution in [0.3, 0.4) is 0 Å². The predicted octanol–water partition coefficient (Wildman–Crippen LogP) is 0.988. The maximum Gasteiger partial charge on any atom is 0.275 e. The lowest BCUT2D eigenvalue weighted by Gasteiger charge is -2.29. The third-order valence-corrected chi connectivity index (χ3v) is 3.57. The van der Waals surface area contributed by atoms with Crippen molar-refractivity contribution in [1.82, 2.24) is 15.2 Å². The molecule has 2 fully saturated rings. The number of carbonyl (C=O) groups excluding carboxylic acids is 1. The van der Waals surface area contributed by atoms with Crippen molar-refractivity contribution in [3.63, 3.8) is 0 Å². The summed E-state index contributed by atoms with van der Waals surface area (Å²) in [5.41, 5.74) is 0.471. The fraction of sp³-hybridized carbons (Fsp3) is 0.667. The maximum absolute atomic E-state index is 11.9. The molecule has 0 bridgehead atoms. The Labute approximate surface area is 100 Å². The molecule has 1 aromatic rings. The van der Waals surface area contributed by atoms with Gasteiger partial charge in [0.05, 0.1) is 0 Å². The number of carbonyl (C=O) groups is 1. The molecule has 17 heavy (non-hydrogen) atoms. The van der Waals surface area contributed by atoms with Crippen LogP contribution in [0.1, 0.15) is 41.6 Å². The van der Waals surface area contributed by atoms with E-state index in [-0.39, 0.29) is 5.91 Å². The Morgan fingerprint density at radius 2 is 2.18 bits per heavy atom. The number of hydrogen-bond acceptors (Lipinski definition) is 4. The van der Waals surface area contributed by atoms with Crippen molar-refractivity contribution < 1.29 is 9.21 Å². The molecule has 0 unspecified atom stereocenters.